The molecule has 0 saturated carbocycles. The van der Waals surface area contributed by atoms with Gasteiger partial charge in [-0.2, -0.15) is 0 Å². The number of hydrogen-bond acceptors (Lipinski definition) is 7. The Labute approximate surface area is 184 Å². The van der Waals surface area contributed by atoms with E-state index < -0.39 is 0 Å². The van der Waals surface area contributed by atoms with Crippen molar-refractivity contribution in [1.82, 2.24) is 19.2 Å². The second-order valence-corrected chi connectivity index (χ2v) is 9.14. The Kier molecular flexibility index (Phi) is 5.77. The predicted molar refractivity (Wildman–Crippen MR) is 126 cm³/mol. The lowest BCUT2D eigenvalue weighted by molar-refractivity contribution is -0.121. The molecule has 7 nitrogen and oxygen atoms in total. The number of thiocarbonyl (C=S) groups is 1. The second-order valence-electron chi connectivity index (χ2n) is 7.46. The summed E-state index contributed by atoms with van der Waals surface area (Å²) in [6.07, 6.45) is 5.07. The second kappa shape index (κ2) is 8.33. The minimum atomic E-state index is -0.206. The molecule has 0 N–H and O–H groups in total. The number of anilines is 1. The zero-order chi connectivity index (χ0) is 21.4. The maximum atomic E-state index is 13.4. The molecule has 0 unspecified atom stereocenters. The molecule has 0 bridgehead atoms. The van der Waals surface area contributed by atoms with Crippen LogP contribution in [0, 0.1) is 6.92 Å². The number of thioether (sulfide) groups is 1. The minimum Gasteiger partial charge on any atom is -0.353 e. The van der Waals surface area contributed by atoms with Crippen LogP contribution in [0.25, 0.3) is 11.7 Å². The standard InChI is InChI=1S/C21H23N5O2S2/c1-4-7-25-20(28)16(30-21(25)29)12-15-18(24-10-8-23(3)9-11-24)22-17-6-5-14(2)13-26(17)19(15)27/h4-6,12-13H,1,7-11H2,2-3H3/b16-12-. The van der Waals surface area contributed by atoms with E-state index in [1.165, 1.54) is 16.7 Å². The van der Waals surface area contributed by atoms with Crippen molar-refractivity contribution in [2.45, 2.75) is 6.92 Å². The average Bonchev–Trinajstić information content (AvgIpc) is 2.99. The highest BCUT2D eigenvalue weighted by molar-refractivity contribution is 8.26. The Morgan fingerprint density at radius 1 is 1.23 bits per heavy atom. The van der Waals surface area contributed by atoms with E-state index in [1.54, 1.807) is 22.7 Å². The molecule has 2 aliphatic heterocycles. The summed E-state index contributed by atoms with van der Waals surface area (Å²) >= 11 is 6.55. The van der Waals surface area contributed by atoms with Crippen LogP contribution in [0.4, 0.5) is 5.82 Å². The average molecular weight is 442 g/mol. The van der Waals surface area contributed by atoms with Crippen molar-refractivity contribution in [2.75, 3.05) is 44.7 Å². The van der Waals surface area contributed by atoms with Crippen LogP contribution < -0.4 is 10.5 Å². The summed E-state index contributed by atoms with van der Waals surface area (Å²) in [5.41, 5.74) is 1.78. The first-order valence-corrected chi connectivity index (χ1v) is 10.9. The Morgan fingerprint density at radius 3 is 2.67 bits per heavy atom. The largest absolute Gasteiger partial charge is 0.353 e. The number of fused-ring (bicyclic) bond motifs is 1. The lowest BCUT2D eigenvalue weighted by atomic mass is 10.2. The zero-order valence-electron chi connectivity index (χ0n) is 17.0. The third-order valence-corrected chi connectivity index (χ3v) is 6.63. The van der Waals surface area contributed by atoms with Crippen LogP contribution in [0.1, 0.15) is 11.1 Å². The van der Waals surface area contributed by atoms with Gasteiger partial charge in [0.15, 0.2) is 0 Å². The SMILES string of the molecule is C=CCN1C(=O)/C(=C/c2c(N3CCN(C)CC3)nc3ccc(C)cn3c2=O)SC1=S. The summed E-state index contributed by atoms with van der Waals surface area (Å²) in [6, 6.07) is 3.79. The van der Waals surface area contributed by atoms with Gasteiger partial charge in [0, 0.05) is 38.9 Å². The first kappa shape index (κ1) is 20.8. The number of aryl methyl sites for hydroxylation is 1. The Balaban J connectivity index is 1.87. The van der Waals surface area contributed by atoms with E-state index in [9.17, 15) is 9.59 Å². The molecule has 4 heterocycles. The van der Waals surface area contributed by atoms with Crippen molar-refractivity contribution < 1.29 is 4.79 Å². The highest BCUT2D eigenvalue weighted by Crippen LogP contribution is 2.33. The molecule has 0 aromatic carbocycles. The molecule has 2 saturated heterocycles. The van der Waals surface area contributed by atoms with E-state index >= 15 is 0 Å². The van der Waals surface area contributed by atoms with Crippen LogP contribution in [0.3, 0.4) is 0 Å². The number of carbonyl (C=O) groups excluding carboxylic acids is 1. The Hall–Kier alpha value is -2.49. The lowest BCUT2D eigenvalue weighted by Crippen LogP contribution is -2.45. The van der Waals surface area contributed by atoms with Crippen molar-refractivity contribution in [1.29, 1.82) is 0 Å². The molecule has 0 radical (unpaired) electrons. The van der Waals surface area contributed by atoms with Gasteiger partial charge < -0.3 is 9.80 Å². The molecule has 2 aliphatic rings. The van der Waals surface area contributed by atoms with E-state index in [0.29, 0.717) is 32.8 Å². The highest BCUT2D eigenvalue weighted by atomic mass is 32.2. The maximum Gasteiger partial charge on any atom is 0.267 e. The molecule has 2 aromatic heterocycles. The van der Waals surface area contributed by atoms with Crippen molar-refractivity contribution in [2.24, 2.45) is 0 Å². The van der Waals surface area contributed by atoms with Crippen molar-refractivity contribution in [3.63, 3.8) is 0 Å². The minimum absolute atomic E-state index is 0.188. The Morgan fingerprint density at radius 2 is 1.97 bits per heavy atom. The van der Waals surface area contributed by atoms with E-state index in [2.05, 4.69) is 23.4 Å². The fourth-order valence-electron chi connectivity index (χ4n) is 3.55. The fourth-order valence-corrected chi connectivity index (χ4v) is 4.81. The summed E-state index contributed by atoms with van der Waals surface area (Å²) in [7, 11) is 2.08. The van der Waals surface area contributed by atoms with Crippen LogP contribution in [0.2, 0.25) is 0 Å². The van der Waals surface area contributed by atoms with Gasteiger partial charge in [-0.3, -0.25) is 18.9 Å². The Bertz CT molecular complexity index is 1130. The van der Waals surface area contributed by atoms with Crippen molar-refractivity contribution in [3.05, 3.63) is 57.4 Å². The number of carbonyl (C=O) groups is 1. The molecule has 2 fully saturated rings. The molecule has 0 spiro atoms. The topological polar surface area (TPSA) is 61.2 Å². The number of aromatic nitrogens is 2. The van der Waals surface area contributed by atoms with E-state index in [1.807, 2.05) is 19.1 Å². The smallest absolute Gasteiger partial charge is 0.267 e. The van der Waals surface area contributed by atoms with Gasteiger partial charge in [0.1, 0.15) is 15.8 Å². The van der Waals surface area contributed by atoms with Gasteiger partial charge in [0.05, 0.1) is 10.5 Å². The van der Waals surface area contributed by atoms with Crippen LogP contribution in [0.5, 0.6) is 0 Å². The van der Waals surface area contributed by atoms with Crippen molar-refractivity contribution >= 4 is 51.7 Å². The third kappa shape index (κ3) is 3.80. The molecule has 2 aromatic rings. The zero-order valence-corrected chi connectivity index (χ0v) is 18.6. The quantitative estimate of drug-likeness (QED) is 0.409. The van der Waals surface area contributed by atoms with Gasteiger partial charge in [-0.15, -0.1) is 6.58 Å². The third-order valence-electron chi connectivity index (χ3n) is 5.25. The van der Waals surface area contributed by atoms with Gasteiger partial charge in [0.25, 0.3) is 11.5 Å². The molecule has 0 atom stereocenters. The van der Waals surface area contributed by atoms with Crippen molar-refractivity contribution in [3.8, 4) is 0 Å². The monoisotopic (exact) mass is 441 g/mol. The van der Waals surface area contributed by atoms with Gasteiger partial charge in [-0.25, -0.2) is 4.98 Å². The van der Waals surface area contributed by atoms with Crippen LogP contribution in [-0.2, 0) is 4.79 Å². The summed E-state index contributed by atoms with van der Waals surface area (Å²) in [5.74, 6) is 0.411. The van der Waals surface area contributed by atoms with Crippen LogP contribution >= 0.6 is 24.0 Å². The number of hydrogen-bond donors (Lipinski definition) is 0. The lowest BCUT2D eigenvalue weighted by Gasteiger charge is -2.34. The van der Waals surface area contributed by atoms with E-state index in [-0.39, 0.29) is 11.5 Å². The summed E-state index contributed by atoms with van der Waals surface area (Å²) in [4.78, 5) is 37.4. The first-order chi connectivity index (χ1) is 14.4. The molecule has 156 valence electrons. The number of nitrogens with zero attached hydrogens (tertiary/aromatic N) is 5. The summed E-state index contributed by atoms with van der Waals surface area (Å²) in [6.45, 7) is 9.27. The van der Waals surface area contributed by atoms with E-state index in [0.717, 1.165) is 31.7 Å². The summed E-state index contributed by atoms with van der Waals surface area (Å²) < 4.78 is 2.02. The molecule has 4 rings (SSSR count). The number of amides is 1. The van der Waals surface area contributed by atoms with Gasteiger partial charge >= 0.3 is 0 Å². The molecule has 30 heavy (non-hydrogen) atoms. The fraction of sp³-hybridized carbons (Fsp3) is 0.333. The number of piperazine rings is 1. The molecule has 9 heteroatoms. The first-order valence-electron chi connectivity index (χ1n) is 9.72. The molecular formula is C21H23N5O2S2. The molecule has 0 aliphatic carbocycles. The van der Waals surface area contributed by atoms with Gasteiger partial charge in [-0.05, 0) is 31.7 Å². The molecular weight excluding hydrogens is 418 g/mol. The molecule has 1 amide bonds. The number of likely N-dealkylation sites (N-methyl/N-ethyl adjacent to an activating group) is 1. The van der Waals surface area contributed by atoms with Gasteiger partial charge in [0.2, 0.25) is 0 Å². The number of rotatable bonds is 4. The van der Waals surface area contributed by atoms with Gasteiger partial charge in [-0.1, -0.05) is 36.1 Å². The summed E-state index contributed by atoms with van der Waals surface area (Å²) in [5, 5.41) is 0. The maximum absolute atomic E-state index is 13.4. The number of pyridine rings is 1. The normalized spacial score (nSPS) is 19.3. The van der Waals surface area contributed by atoms with Crippen LogP contribution in [-0.4, -0.2) is 69.2 Å². The highest BCUT2D eigenvalue weighted by Gasteiger charge is 2.32. The van der Waals surface area contributed by atoms with E-state index in [4.69, 9.17) is 17.2 Å². The van der Waals surface area contributed by atoms with Crippen LogP contribution in [0.15, 0.2) is 40.7 Å². The predicted octanol–water partition coefficient (Wildman–Crippen LogP) is 2.14.